The van der Waals surface area contributed by atoms with Gasteiger partial charge >= 0.3 is 0 Å². The van der Waals surface area contributed by atoms with Gasteiger partial charge in [0, 0.05) is 19.1 Å². The minimum atomic E-state index is -3.59. The van der Waals surface area contributed by atoms with Crippen molar-refractivity contribution in [3.8, 4) is 0 Å². The van der Waals surface area contributed by atoms with E-state index < -0.39 is 10.0 Å². The van der Waals surface area contributed by atoms with Crippen molar-refractivity contribution in [2.45, 2.75) is 30.7 Å². The molecule has 0 saturated carbocycles. The van der Waals surface area contributed by atoms with Crippen molar-refractivity contribution in [2.75, 3.05) is 13.1 Å². The number of rotatable bonds is 3. The second-order valence-corrected chi connectivity index (χ2v) is 7.82. The van der Waals surface area contributed by atoms with Gasteiger partial charge in [-0.05, 0) is 37.0 Å². The van der Waals surface area contributed by atoms with Crippen LogP contribution in [-0.4, -0.2) is 31.9 Å². The van der Waals surface area contributed by atoms with Crippen LogP contribution in [0.15, 0.2) is 23.1 Å². The van der Waals surface area contributed by atoms with Crippen molar-refractivity contribution in [1.29, 1.82) is 0 Å². The van der Waals surface area contributed by atoms with Crippen LogP contribution in [0.5, 0.6) is 0 Å². The molecule has 1 aromatic carbocycles. The van der Waals surface area contributed by atoms with Crippen LogP contribution in [0.1, 0.15) is 19.8 Å². The number of halogens is 2. The zero-order valence-corrected chi connectivity index (χ0v) is 13.5. The Bertz CT molecular complexity index is 592. The molecule has 0 bridgehead atoms. The molecule has 0 aromatic heterocycles. The molecule has 1 aliphatic heterocycles. The summed E-state index contributed by atoms with van der Waals surface area (Å²) in [5.74, 6) is 0.256. The first-order valence-corrected chi connectivity index (χ1v) is 8.74. The molecule has 112 valence electrons. The molecule has 1 heterocycles. The van der Waals surface area contributed by atoms with Gasteiger partial charge in [-0.3, -0.25) is 0 Å². The van der Waals surface area contributed by atoms with Crippen molar-refractivity contribution in [3.63, 3.8) is 0 Å². The van der Waals surface area contributed by atoms with Crippen molar-refractivity contribution in [3.05, 3.63) is 28.2 Å². The molecular formula is C13H18Cl2N2O2S. The Balaban J connectivity index is 2.40. The summed E-state index contributed by atoms with van der Waals surface area (Å²) < 4.78 is 27.0. The molecule has 2 atom stereocenters. The largest absolute Gasteiger partial charge is 0.329 e. The topological polar surface area (TPSA) is 63.4 Å². The average molecular weight is 337 g/mol. The fourth-order valence-electron chi connectivity index (χ4n) is 2.63. The first-order chi connectivity index (χ1) is 9.37. The lowest BCUT2D eigenvalue weighted by molar-refractivity contribution is 0.192. The van der Waals surface area contributed by atoms with E-state index in [1.54, 1.807) is 0 Å². The molecule has 2 N–H and O–H groups in total. The highest BCUT2D eigenvalue weighted by Crippen LogP contribution is 2.31. The van der Waals surface area contributed by atoms with Crippen molar-refractivity contribution < 1.29 is 8.42 Å². The average Bonchev–Trinajstić information content (AvgIpc) is 2.41. The summed E-state index contributed by atoms with van der Waals surface area (Å²) >= 11 is 11.8. The standard InChI is InChI=1S/C13H18Cl2N2O2S/c1-9-3-2-6-17(13(9)8-16)20(18,19)10-4-5-11(14)12(15)7-10/h4-5,7,9,13H,2-3,6,8,16H2,1H3. The van der Waals surface area contributed by atoms with Gasteiger partial charge in [-0.15, -0.1) is 0 Å². The molecule has 4 nitrogen and oxygen atoms in total. The van der Waals surface area contributed by atoms with E-state index in [0.29, 0.717) is 18.1 Å². The van der Waals surface area contributed by atoms with E-state index in [1.807, 2.05) is 6.92 Å². The molecule has 0 aliphatic carbocycles. The van der Waals surface area contributed by atoms with Crippen LogP contribution in [0, 0.1) is 5.92 Å². The maximum absolute atomic E-state index is 12.7. The second kappa shape index (κ2) is 6.20. The first kappa shape index (κ1) is 16.0. The first-order valence-electron chi connectivity index (χ1n) is 6.55. The summed E-state index contributed by atoms with van der Waals surface area (Å²) in [6, 6.07) is 4.22. The molecule has 2 unspecified atom stereocenters. The SMILES string of the molecule is CC1CCCN(S(=O)(=O)c2ccc(Cl)c(Cl)c2)C1CN. The van der Waals surface area contributed by atoms with Crippen LogP contribution in [0.25, 0.3) is 0 Å². The molecule has 0 radical (unpaired) electrons. The quantitative estimate of drug-likeness (QED) is 0.922. The highest BCUT2D eigenvalue weighted by Gasteiger charge is 2.36. The third kappa shape index (κ3) is 2.97. The highest BCUT2D eigenvalue weighted by molar-refractivity contribution is 7.89. The van der Waals surface area contributed by atoms with Gasteiger partial charge in [0.25, 0.3) is 0 Å². The molecule has 0 amide bonds. The third-order valence-electron chi connectivity index (χ3n) is 3.80. The Hall–Kier alpha value is -0.330. The Morgan fingerprint density at radius 1 is 1.35 bits per heavy atom. The predicted molar refractivity (Wildman–Crippen MR) is 81.6 cm³/mol. The molecule has 1 saturated heterocycles. The smallest absolute Gasteiger partial charge is 0.243 e. The molecule has 0 spiro atoms. The minimum absolute atomic E-state index is 0.164. The van der Waals surface area contributed by atoms with Gasteiger partial charge in [0.2, 0.25) is 10.0 Å². The number of nitrogens with zero attached hydrogens (tertiary/aromatic N) is 1. The maximum Gasteiger partial charge on any atom is 0.243 e. The number of sulfonamides is 1. The lowest BCUT2D eigenvalue weighted by atomic mass is 9.93. The van der Waals surface area contributed by atoms with Gasteiger partial charge in [0.1, 0.15) is 0 Å². The lowest BCUT2D eigenvalue weighted by Gasteiger charge is -2.38. The van der Waals surface area contributed by atoms with Crippen molar-refractivity contribution >= 4 is 33.2 Å². The lowest BCUT2D eigenvalue weighted by Crippen LogP contribution is -2.51. The van der Waals surface area contributed by atoms with E-state index in [1.165, 1.54) is 22.5 Å². The molecule has 2 rings (SSSR count). The van der Waals surface area contributed by atoms with Crippen LogP contribution in [0.2, 0.25) is 10.0 Å². The normalized spacial score (nSPS) is 24.8. The van der Waals surface area contributed by atoms with Crippen LogP contribution in [-0.2, 0) is 10.0 Å². The fourth-order valence-corrected chi connectivity index (χ4v) is 4.79. The Morgan fingerprint density at radius 3 is 2.65 bits per heavy atom. The Kier molecular flexibility index (Phi) is 4.97. The van der Waals surface area contributed by atoms with Crippen LogP contribution < -0.4 is 5.73 Å². The molecule has 1 fully saturated rings. The Labute approximate surface area is 129 Å². The van der Waals surface area contributed by atoms with Crippen LogP contribution >= 0.6 is 23.2 Å². The molecule has 7 heteroatoms. The van der Waals surface area contributed by atoms with Crippen molar-refractivity contribution in [2.24, 2.45) is 11.7 Å². The van der Waals surface area contributed by atoms with Gasteiger partial charge < -0.3 is 5.73 Å². The summed E-state index contributed by atoms with van der Waals surface area (Å²) in [5.41, 5.74) is 5.76. The number of hydrogen-bond donors (Lipinski definition) is 1. The summed E-state index contributed by atoms with van der Waals surface area (Å²) in [4.78, 5) is 0.166. The van der Waals surface area contributed by atoms with Gasteiger partial charge in [0.05, 0.1) is 14.9 Å². The van der Waals surface area contributed by atoms with Crippen molar-refractivity contribution in [1.82, 2.24) is 4.31 Å². The fraction of sp³-hybridized carbons (Fsp3) is 0.538. The molecular weight excluding hydrogens is 319 g/mol. The maximum atomic E-state index is 12.7. The second-order valence-electron chi connectivity index (χ2n) is 5.11. The van der Waals surface area contributed by atoms with E-state index in [9.17, 15) is 8.42 Å². The summed E-state index contributed by atoms with van der Waals surface area (Å²) in [6.07, 6.45) is 1.84. The third-order valence-corrected chi connectivity index (χ3v) is 6.46. The van der Waals surface area contributed by atoms with Crippen LogP contribution in [0.4, 0.5) is 0 Å². The van der Waals surface area contributed by atoms with Gasteiger partial charge in [-0.2, -0.15) is 4.31 Å². The highest BCUT2D eigenvalue weighted by atomic mass is 35.5. The minimum Gasteiger partial charge on any atom is -0.329 e. The number of piperidine rings is 1. The monoisotopic (exact) mass is 336 g/mol. The van der Waals surface area contributed by atoms with E-state index >= 15 is 0 Å². The predicted octanol–water partition coefficient (Wildman–Crippen LogP) is 2.74. The van der Waals surface area contributed by atoms with Gasteiger partial charge in [0.15, 0.2) is 0 Å². The molecule has 1 aromatic rings. The summed E-state index contributed by atoms with van der Waals surface area (Å²) in [7, 11) is -3.59. The zero-order chi connectivity index (χ0) is 14.9. The molecule has 20 heavy (non-hydrogen) atoms. The van der Waals surface area contributed by atoms with Crippen LogP contribution in [0.3, 0.4) is 0 Å². The van der Waals surface area contributed by atoms with E-state index in [2.05, 4.69) is 0 Å². The van der Waals surface area contributed by atoms with Gasteiger partial charge in [-0.25, -0.2) is 8.42 Å². The zero-order valence-electron chi connectivity index (χ0n) is 11.2. The number of benzene rings is 1. The Morgan fingerprint density at radius 2 is 2.05 bits per heavy atom. The van der Waals surface area contributed by atoms with E-state index in [0.717, 1.165) is 12.8 Å². The van der Waals surface area contributed by atoms with Gasteiger partial charge in [-0.1, -0.05) is 30.1 Å². The number of hydrogen-bond acceptors (Lipinski definition) is 3. The summed E-state index contributed by atoms with van der Waals surface area (Å²) in [5, 5.41) is 0.579. The summed E-state index contributed by atoms with van der Waals surface area (Å²) in [6.45, 7) is 2.85. The molecule has 1 aliphatic rings. The van der Waals surface area contributed by atoms with E-state index in [4.69, 9.17) is 28.9 Å². The number of nitrogens with two attached hydrogens (primary N) is 1. The van der Waals surface area contributed by atoms with E-state index in [-0.39, 0.29) is 21.9 Å².